The second kappa shape index (κ2) is 8.69. The lowest BCUT2D eigenvalue weighted by atomic mass is 10.1. The quantitative estimate of drug-likeness (QED) is 0.504. The van der Waals surface area contributed by atoms with E-state index in [2.05, 4.69) is 5.32 Å². The van der Waals surface area contributed by atoms with Gasteiger partial charge >= 0.3 is 5.69 Å². The summed E-state index contributed by atoms with van der Waals surface area (Å²) in [5, 5.41) is 3.15. The molecule has 4 rings (SSSR count). The van der Waals surface area contributed by atoms with Crippen LogP contribution in [0.1, 0.15) is 20.8 Å². The van der Waals surface area contributed by atoms with Gasteiger partial charge in [-0.3, -0.25) is 18.7 Å². The first-order chi connectivity index (χ1) is 14.9. The molecule has 1 amide bonds. The van der Waals surface area contributed by atoms with Crippen LogP contribution in [0.3, 0.4) is 0 Å². The molecule has 158 valence electrons. The molecule has 2 heterocycles. The number of halogens is 1. The summed E-state index contributed by atoms with van der Waals surface area (Å²) in [7, 11) is 1.60. The second-order valence-corrected chi connectivity index (χ2v) is 8.21. The topological polar surface area (TPSA) is 73.1 Å². The Hall–Kier alpha value is -3.52. The van der Waals surface area contributed by atoms with Gasteiger partial charge in [-0.15, -0.1) is 11.3 Å². The monoisotopic (exact) mass is 437 g/mol. The minimum Gasteiger partial charge on any atom is -0.351 e. The number of hydrogen-bond donors (Lipinski definition) is 1. The molecular weight excluding hydrogens is 417 g/mol. The summed E-state index contributed by atoms with van der Waals surface area (Å²) < 4.78 is 15.6. The minimum atomic E-state index is -0.425. The first kappa shape index (κ1) is 20.7. The van der Waals surface area contributed by atoms with Gasteiger partial charge in [0.25, 0.3) is 11.5 Å². The minimum absolute atomic E-state index is 0.164. The van der Waals surface area contributed by atoms with Gasteiger partial charge in [-0.25, -0.2) is 9.18 Å². The number of nitrogens with zero attached hydrogens (tertiary/aromatic N) is 2. The molecule has 0 saturated carbocycles. The molecule has 1 N–H and O–H groups in total. The van der Waals surface area contributed by atoms with Crippen LogP contribution in [0.25, 0.3) is 10.2 Å². The predicted octanol–water partition coefficient (Wildman–Crippen LogP) is 2.92. The van der Waals surface area contributed by atoms with Crippen LogP contribution in [-0.2, 0) is 20.0 Å². The lowest BCUT2D eigenvalue weighted by molar-refractivity contribution is 0.0958. The number of fused-ring (bicyclic) bond motifs is 1. The lowest BCUT2D eigenvalue weighted by Gasteiger charge is -2.08. The average Bonchev–Trinajstić information content (AvgIpc) is 3.23. The van der Waals surface area contributed by atoms with Crippen molar-refractivity contribution in [2.75, 3.05) is 6.54 Å². The smallest absolute Gasteiger partial charge is 0.332 e. The van der Waals surface area contributed by atoms with Gasteiger partial charge in [0.05, 0.1) is 16.8 Å². The van der Waals surface area contributed by atoms with Gasteiger partial charge < -0.3 is 5.32 Å². The predicted molar refractivity (Wildman–Crippen MR) is 119 cm³/mol. The summed E-state index contributed by atoms with van der Waals surface area (Å²) in [6.07, 6.45) is 0.555. The lowest BCUT2D eigenvalue weighted by Crippen LogP contribution is -2.38. The van der Waals surface area contributed by atoms with E-state index in [9.17, 15) is 18.8 Å². The molecular formula is C23H20FN3O3S. The van der Waals surface area contributed by atoms with Crippen LogP contribution >= 0.6 is 11.3 Å². The normalized spacial score (nSPS) is 11.0. The number of thiophene rings is 1. The van der Waals surface area contributed by atoms with Gasteiger partial charge in [-0.05, 0) is 35.7 Å². The summed E-state index contributed by atoms with van der Waals surface area (Å²) in [5.41, 5.74) is 0.911. The van der Waals surface area contributed by atoms with Gasteiger partial charge in [-0.1, -0.05) is 42.5 Å². The van der Waals surface area contributed by atoms with Crippen LogP contribution in [-0.4, -0.2) is 21.6 Å². The third-order valence-electron chi connectivity index (χ3n) is 5.03. The van der Waals surface area contributed by atoms with Crippen molar-refractivity contribution >= 4 is 27.5 Å². The number of amides is 1. The fourth-order valence-electron chi connectivity index (χ4n) is 3.36. The van der Waals surface area contributed by atoms with Crippen molar-refractivity contribution < 1.29 is 9.18 Å². The fraction of sp³-hybridized carbons (Fsp3) is 0.174. The summed E-state index contributed by atoms with van der Waals surface area (Å²) in [5.74, 6) is -0.619. The third kappa shape index (κ3) is 4.34. The zero-order valence-corrected chi connectivity index (χ0v) is 17.6. The molecule has 31 heavy (non-hydrogen) atoms. The number of aromatic nitrogens is 2. The van der Waals surface area contributed by atoms with E-state index in [1.807, 2.05) is 30.3 Å². The van der Waals surface area contributed by atoms with E-state index in [4.69, 9.17) is 0 Å². The van der Waals surface area contributed by atoms with Crippen LogP contribution < -0.4 is 16.6 Å². The molecule has 0 aliphatic heterocycles. The van der Waals surface area contributed by atoms with Gasteiger partial charge in [0, 0.05) is 13.6 Å². The highest BCUT2D eigenvalue weighted by atomic mass is 32.1. The Morgan fingerprint density at radius 2 is 1.74 bits per heavy atom. The van der Waals surface area contributed by atoms with Crippen molar-refractivity contribution in [1.82, 2.24) is 14.5 Å². The maximum Gasteiger partial charge on any atom is 0.332 e. The molecule has 4 aromatic rings. The van der Waals surface area contributed by atoms with Gasteiger partial charge in [0.2, 0.25) is 0 Å². The van der Waals surface area contributed by atoms with Gasteiger partial charge in [0.15, 0.2) is 0 Å². The van der Waals surface area contributed by atoms with Gasteiger partial charge in [0.1, 0.15) is 10.6 Å². The van der Waals surface area contributed by atoms with E-state index in [1.165, 1.54) is 27.3 Å². The van der Waals surface area contributed by atoms with E-state index in [0.717, 1.165) is 22.5 Å². The zero-order chi connectivity index (χ0) is 22.0. The Morgan fingerprint density at radius 1 is 1.03 bits per heavy atom. The second-order valence-electron chi connectivity index (χ2n) is 7.18. The molecule has 0 unspecified atom stereocenters. The molecule has 0 radical (unpaired) electrons. The Bertz CT molecular complexity index is 1360. The largest absolute Gasteiger partial charge is 0.351 e. The molecule has 0 bridgehead atoms. The van der Waals surface area contributed by atoms with Crippen LogP contribution in [0.4, 0.5) is 4.39 Å². The van der Waals surface area contributed by atoms with Gasteiger partial charge in [-0.2, -0.15) is 0 Å². The first-order valence-electron chi connectivity index (χ1n) is 9.74. The van der Waals surface area contributed by atoms with Crippen LogP contribution in [0.15, 0.2) is 70.3 Å². The molecule has 0 saturated heterocycles. The molecule has 6 nitrogen and oxygen atoms in total. The van der Waals surface area contributed by atoms with Crippen molar-refractivity contribution in [2.45, 2.75) is 13.0 Å². The van der Waals surface area contributed by atoms with Crippen molar-refractivity contribution in [3.63, 3.8) is 0 Å². The summed E-state index contributed by atoms with van der Waals surface area (Å²) in [4.78, 5) is 39.1. The Labute approximate surface area is 181 Å². The Morgan fingerprint density at radius 3 is 2.45 bits per heavy atom. The van der Waals surface area contributed by atoms with Crippen LogP contribution in [0.5, 0.6) is 0 Å². The molecule has 0 aliphatic carbocycles. The molecule has 0 atom stereocenters. The van der Waals surface area contributed by atoms with Crippen molar-refractivity contribution in [2.24, 2.45) is 7.05 Å². The number of nitrogens with one attached hydrogen (secondary N) is 1. The molecule has 8 heteroatoms. The molecule has 0 aliphatic rings. The standard InChI is InChI=1S/C23H20FN3O3S/c1-26-22-18(21(29)27(23(26)30)14-16-5-3-2-4-6-16)13-19(31-22)20(28)25-12-11-15-7-9-17(24)10-8-15/h2-10,13H,11-12,14H2,1H3,(H,25,28). The number of benzene rings is 2. The van der Waals surface area contributed by atoms with E-state index >= 15 is 0 Å². The number of rotatable bonds is 6. The summed E-state index contributed by atoms with van der Waals surface area (Å²) in [6.45, 7) is 0.535. The molecule has 2 aromatic carbocycles. The first-order valence-corrected chi connectivity index (χ1v) is 10.6. The van der Waals surface area contributed by atoms with Crippen molar-refractivity contribution in [3.8, 4) is 0 Å². The Balaban J connectivity index is 1.57. The SMILES string of the molecule is Cn1c(=O)n(Cc2ccccc2)c(=O)c2cc(C(=O)NCCc3ccc(F)cc3)sc21. The highest BCUT2D eigenvalue weighted by Crippen LogP contribution is 2.21. The van der Waals surface area contributed by atoms with E-state index in [-0.39, 0.29) is 18.3 Å². The maximum atomic E-state index is 13.0. The van der Waals surface area contributed by atoms with Crippen molar-refractivity contribution in [1.29, 1.82) is 0 Å². The number of aryl methyl sites for hydroxylation is 1. The summed E-state index contributed by atoms with van der Waals surface area (Å²) >= 11 is 1.11. The third-order valence-corrected chi connectivity index (χ3v) is 6.24. The molecule has 0 fully saturated rings. The highest BCUT2D eigenvalue weighted by Gasteiger charge is 2.17. The van der Waals surface area contributed by atoms with Crippen LogP contribution in [0, 0.1) is 5.82 Å². The number of hydrogen-bond acceptors (Lipinski definition) is 4. The molecule has 2 aromatic heterocycles. The maximum absolute atomic E-state index is 13.0. The number of carbonyl (C=O) groups is 1. The Kier molecular flexibility index (Phi) is 5.81. The van der Waals surface area contributed by atoms with E-state index in [0.29, 0.717) is 28.1 Å². The highest BCUT2D eigenvalue weighted by molar-refractivity contribution is 7.20. The zero-order valence-electron chi connectivity index (χ0n) is 16.8. The van der Waals surface area contributed by atoms with Crippen molar-refractivity contribution in [3.05, 3.63) is 103 Å². The van der Waals surface area contributed by atoms with E-state index in [1.54, 1.807) is 19.2 Å². The molecule has 0 spiro atoms. The van der Waals surface area contributed by atoms with E-state index < -0.39 is 11.2 Å². The van der Waals surface area contributed by atoms with Crippen LogP contribution in [0.2, 0.25) is 0 Å². The number of carbonyl (C=O) groups excluding carboxylic acids is 1. The fourth-order valence-corrected chi connectivity index (χ4v) is 4.38. The average molecular weight is 437 g/mol. The summed E-state index contributed by atoms with van der Waals surface area (Å²) in [6, 6.07) is 16.9.